The summed E-state index contributed by atoms with van der Waals surface area (Å²) >= 11 is 0. The molecular weight excluding hydrogens is 264 g/mol. The number of aromatic hydroxyl groups is 1. The second-order valence-corrected chi connectivity index (χ2v) is 4.27. The van der Waals surface area contributed by atoms with Crippen LogP contribution < -0.4 is 11.1 Å². The fraction of sp³-hybridized carbons (Fsp3) is 0.308. The summed E-state index contributed by atoms with van der Waals surface area (Å²) in [5, 5.41) is 20.8. The van der Waals surface area contributed by atoms with Crippen molar-refractivity contribution in [1.82, 2.24) is 5.32 Å². The molecule has 0 saturated heterocycles. The van der Waals surface area contributed by atoms with Crippen LogP contribution in [0.15, 0.2) is 24.3 Å². The first-order valence-corrected chi connectivity index (χ1v) is 5.97. The molecule has 0 aliphatic carbocycles. The van der Waals surface area contributed by atoms with Crippen LogP contribution >= 0.6 is 0 Å². The van der Waals surface area contributed by atoms with Gasteiger partial charge >= 0.3 is 5.97 Å². The van der Waals surface area contributed by atoms with Crippen LogP contribution in [-0.4, -0.2) is 34.0 Å². The van der Waals surface area contributed by atoms with E-state index < -0.39 is 23.8 Å². The van der Waals surface area contributed by atoms with Crippen LogP contribution in [0.2, 0.25) is 0 Å². The summed E-state index contributed by atoms with van der Waals surface area (Å²) in [4.78, 5) is 33.3. The molecule has 7 nitrogen and oxygen atoms in total. The van der Waals surface area contributed by atoms with Gasteiger partial charge in [-0.25, -0.2) is 4.79 Å². The lowest BCUT2D eigenvalue weighted by Crippen LogP contribution is -2.42. The molecule has 0 aliphatic heterocycles. The molecule has 0 bridgehead atoms. The minimum absolute atomic E-state index is 0.0355. The summed E-state index contributed by atoms with van der Waals surface area (Å²) in [6, 6.07) is 5.09. The molecule has 1 aromatic carbocycles. The van der Waals surface area contributed by atoms with Gasteiger partial charge in [0, 0.05) is 12.0 Å². The average Bonchev–Trinajstić information content (AvgIpc) is 2.36. The minimum atomic E-state index is -1.24. The molecule has 0 spiro atoms. The number of carboxylic acids is 1. The maximum absolute atomic E-state index is 11.7. The molecule has 5 N–H and O–H groups in total. The highest BCUT2D eigenvalue weighted by Gasteiger charge is 2.20. The number of carboxylic acid groups (broad SMARTS) is 1. The smallest absolute Gasteiger partial charge is 0.326 e. The number of hydrogen-bond donors (Lipinski definition) is 4. The molecule has 0 radical (unpaired) electrons. The Morgan fingerprint density at radius 2 is 1.90 bits per heavy atom. The minimum Gasteiger partial charge on any atom is -0.508 e. The van der Waals surface area contributed by atoms with Gasteiger partial charge < -0.3 is 21.3 Å². The van der Waals surface area contributed by atoms with Crippen LogP contribution in [-0.2, 0) is 20.8 Å². The molecule has 0 unspecified atom stereocenters. The molecule has 0 saturated carbocycles. The summed E-state index contributed by atoms with van der Waals surface area (Å²) in [7, 11) is 0. The molecule has 2 amide bonds. The van der Waals surface area contributed by atoms with E-state index >= 15 is 0 Å². The van der Waals surface area contributed by atoms with Crippen molar-refractivity contribution in [2.45, 2.75) is 25.3 Å². The number of amides is 2. The molecule has 0 aliphatic rings. The Morgan fingerprint density at radius 1 is 1.25 bits per heavy atom. The molecule has 20 heavy (non-hydrogen) atoms. The Labute approximate surface area is 115 Å². The van der Waals surface area contributed by atoms with Gasteiger partial charge in [-0.2, -0.15) is 0 Å². The lowest BCUT2D eigenvalue weighted by Gasteiger charge is -2.14. The van der Waals surface area contributed by atoms with E-state index in [1.165, 1.54) is 6.07 Å². The number of nitrogens with two attached hydrogens (primary N) is 1. The first-order chi connectivity index (χ1) is 9.40. The zero-order valence-electron chi connectivity index (χ0n) is 10.7. The van der Waals surface area contributed by atoms with Crippen LogP contribution in [0.5, 0.6) is 5.75 Å². The second kappa shape index (κ2) is 7.13. The SMILES string of the molecule is NC(=O)CC[C@@H](NC(=O)Cc1ccccc1O)C(=O)O. The Bertz CT molecular complexity index is 515. The molecule has 0 heterocycles. The van der Waals surface area contributed by atoms with E-state index in [0.29, 0.717) is 5.56 Å². The Balaban J connectivity index is 2.60. The number of hydrogen-bond acceptors (Lipinski definition) is 4. The number of phenolic OH excluding ortho intramolecular Hbond substituents is 1. The molecule has 1 atom stereocenters. The third kappa shape index (κ3) is 4.97. The monoisotopic (exact) mass is 280 g/mol. The normalized spacial score (nSPS) is 11.6. The molecule has 108 valence electrons. The van der Waals surface area contributed by atoms with Gasteiger partial charge in [-0.15, -0.1) is 0 Å². The fourth-order valence-electron chi connectivity index (χ4n) is 1.62. The third-order valence-corrected chi connectivity index (χ3v) is 2.66. The number of primary amides is 1. The lowest BCUT2D eigenvalue weighted by molar-refractivity contribution is -0.142. The van der Waals surface area contributed by atoms with E-state index in [0.717, 1.165) is 0 Å². The maximum Gasteiger partial charge on any atom is 0.326 e. The summed E-state index contributed by atoms with van der Waals surface area (Å²) in [6.45, 7) is 0. The van der Waals surface area contributed by atoms with Gasteiger partial charge in [0.15, 0.2) is 0 Å². The van der Waals surface area contributed by atoms with Crippen molar-refractivity contribution >= 4 is 17.8 Å². The van der Waals surface area contributed by atoms with Crippen LogP contribution in [0.1, 0.15) is 18.4 Å². The molecular formula is C13H16N2O5. The van der Waals surface area contributed by atoms with E-state index in [2.05, 4.69) is 5.32 Å². The van der Waals surface area contributed by atoms with E-state index in [9.17, 15) is 19.5 Å². The van der Waals surface area contributed by atoms with Crippen molar-refractivity contribution in [3.63, 3.8) is 0 Å². The quantitative estimate of drug-likeness (QED) is 0.548. The number of para-hydroxylation sites is 1. The summed E-state index contributed by atoms with van der Waals surface area (Å²) in [5.74, 6) is -2.46. The van der Waals surface area contributed by atoms with Crippen molar-refractivity contribution in [2.24, 2.45) is 5.73 Å². The van der Waals surface area contributed by atoms with Crippen LogP contribution in [0.3, 0.4) is 0 Å². The second-order valence-electron chi connectivity index (χ2n) is 4.27. The van der Waals surface area contributed by atoms with E-state index in [-0.39, 0.29) is 25.0 Å². The van der Waals surface area contributed by atoms with Crippen LogP contribution in [0, 0.1) is 0 Å². The third-order valence-electron chi connectivity index (χ3n) is 2.66. The van der Waals surface area contributed by atoms with Gasteiger partial charge in [0.1, 0.15) is 11.8 Å². The van der Waals surface area contributed by atoms with E-state index in [4.69, 9.17) is 10.8 Å². The first-order valence-electron chi connectivity index (χ1n) is 5.97. The fourth-order valence-corrected chi connectivity index (χ4v) is 1.62. The predicted octanol–water partition coefficient (Wildman–Crippen LogP) is -0.230. The van der Waals surface area contributed by atoms with Crippen molar-refractivity contribution in [2.75, 3.05) is 0 Å². The van der Waals surface area contributed by atoms with Crippen LogP contribution in [0.4, 0.5) is 0 Å². The molecule has 1 aromatic rings. The van der Waals surface area contributed by atoms with Crippen molar-refractivity contribution in [3.05, 3.63) is 29.8 Å². The Kier molecular flexibility index (Phi) is 5.52. The summed E-state index contributed by atoms with van der Waals surface area (Å²) < 4.78 is 0. The standard InChI is InChI=1S/C13H16N2O5/c14-11(17)6-5-9(13(19)20)15-12(18)7-8-3-1-2-4-10(8)16/h1-4,9,16H,5-7H2,(H2,14,17)(H,15,18)(H,19,20)/t9-/m1/s1. The largest absolute Gasteiger partial charge is 0.508 e. The number of carbonyl (C=O) groups excluding carboxylic acids is 2. The topological polar surface area (TPSA) is 130 Å². The van der Waals surface area contributed by atoms with Gasteiger partial charge in [0.05, 0.1) is 6.42 Å². The number of carbonyl (C=O) groups is 3. The van der Waals surface area contributed by atoms with Gasteiger partial charge in [-0.1, -0.05) is 18.2 Å². The number of aliphatic carboxylic acids is 1. The van der Waals surface area contributed by atoms with Gasteiger partial charge in [-0.05, 0) is 12.5 Å². The highest BCUT2D eigenvalue weighted by molar-refractivity contribution is 5.85. The number of nitrogens with one attached hydrogen (secondary N) is 1. The van der Waals surface area contributed by atoms with Crippen molar-refractivity contribution < 1.29 is 24.6 Å². The van der Waals surface area contributed by atoms with E-state index in [1.54, 1.807) is 18.2 Å². The summed E-state index contributed by atoms with van der Waals surface area (Å²) in [6.07, 6.45) is -0.349. The number of benzene rings is 1. The molecule has 7 heteroatoms. The average molecular weight is 280 g/mol. The lowest BCUT2D eigenvalue weighted by atomic mass is 10.1. The van der Waals surface area contributed by atoms with Crippen LogP contribution in [0.25, 0.3) is 0 Å². The molecule has 0 fully saturated rings. The molecule has 1 rings (SSSR count). The molecule has 0 aromatic heterocycles. The maximum atomic E-state index is 11.7. The van der Waals surface area contributed by atoms with Crippen molar-refractivity contribution in [3.8, 4) is 5.75 Å². The Hall–Kier alpha value is -2.57. The number of rotatable bonds is 7. The summed E-state index contributed by atoms with van der Waals surface area (Å²) in [5.41, 5.74) is 5.33. The van der Waals surface area contributed by atoms with Gasteiger partial charge in [-0.3, -0.25) is 9.59 Å². The predicted molar refractivity (Wildman–Crippen MR) is 69.8 cm³/mol. The van der Waals surface area contributed by atoms with Crippen molar-refractivity contribution in [1.29, 1.82) is 0 Å². The zero-order valence-corrected chi connectivity index (χ0v) is 10.7. The first kappa shape index (κ1) is 15.5. The Morgan fingerprint density at radius 3 is 2.45 bits per heavy atom. The van der Waals surface area contributed by atoms with Gasteiger partial charge in [0.25, 0.3) is 0 Å². The number of phenols is 1. The van der Waals surface area contributed by atoms with E-state index in [1.807, 2.05) is 0 Å². The highest BCUT2D eigenvalue weighted by Crippen LogP contribution is 2.16. The van der Waals surface area contributed by atoms with Gasteiger partial charge in [0.2, 0.25) is 11.8 Å². The highest BCUT2D eigenvalue weighted by atomic mass is 16.4. The zero-order chi connectivity index (χ0) is 15.1.